The summed E-state index contributed by atoms with van der Waals surface area (Å²) in [6.45, 7) is 18.1. The van der Waals surface area contributed by atoms with Crippen LogP contribution in [0.4, 0.5) is 5.69 Å². The number of hydrogen-bond donors (Lipinski definition) is 1. The number of anilines is 1. The number of primary amides is 1. The first-order chi connectivity index (χ1) is 17.9. The van der Waals surface area contributed by atoms with Crippen molar-refractivity contribution in [1.29, 1.82) is 0 Å². The van der Waals surface area contributed by atoms with Gasteiger partial charge in [-0.15, -0.1) is 0 Å². The minimum atomic E-state index is -0.563. The predicted octanol–water partition coefficient (Wildman–Crippen LogP) is 3.29. The van der Waals surface area contributed by atoms with E-state index in [1.165, 1.54) is 0 Å². The van der Waals surface area contributed by atoms with Crippen molar-refractivity contribution in [3.63, 3.8) is 0 Å². The number of fused-ring (bicyclic) bond motifs is 1. The topological polar surface area (TPSA) is 96.2 Å². The maximum absolute atomic E-state index is 14.4. The molecule has 0 aliphatic carbocycles. The molecule has 8 heteroatoms. The Morgan fingerprint density at radius 1 is 1.13 bits per heavy atom. The normalized spacial score (nSPS) is 25.2. The number of Topliss-reactive ketones (excluding diaryl/α,β-unsaturated/α-hetero) is 1. The van der Waals surface area contributed by atoms with Gasteiger partial charge < -0.3 is 20.3 Å². The Labute approximate surface area is 227 Å². The first kappa shape index (κ1) is 28.6. The molecule has 1 aromatic carbocycles. The van der Waals surface area contributed by atoms with Crippen LogP contribution in [0.2, 0.25) is 0 Å². The predicted molar refractivity (Wildman–Crippen MR) is 149 cm³/mol. The Kier molecular flexibility index (Phi) is 8.52. The van der Waals surface area contributed by atoms with Crippen LogP contribution in [0.25, 0.3) is 0 Å². The lowest BCUT2D eigenvalue weighted by Crippen LogP contribution is -2.46. The second kappa shape index (κ2) is 11.3. The molecule has 3 fully saturated rings. The number of rotatable bonds is 8. The van der Waals surface area contributed by atoms with E-state index < -0.39 is 17.9 Å². The van der Waals surface area contributed by atoms with Gasteiger partial charge in [0.25, 0.3) is 0 Å². The molecule has 0 saturated carbocycles. The van der Waals surface area contributed by atoms with E-state index in [1.54, 1.807) is 11.0 Å². The van der Waals surface area contributed by atoms with Gasteiger partial charge in [0, 0.05) is 49.9 Å². The summed E-state index contributed by atoms with van der Waals surface area (Å²) in [5.41, 5.74) is 7.79. The van der Waals surface area contributed by atoms with Crippen LogP contribution in [0.3, 0.4) is 0 Å². The highest BCUT2D eigenvalue weighted by Crippen LogP contribution is 2.43. The van der Waals surface area contributed by atoms with Crippen molar-refractivity contribution in [3.05, 3.63) is 29.3 Å². The van der Waals surface area contributed by atoms with Crippen molar-refractivity contribution in [1.82, 2.24) is 9.80 Å². The van der Waals surface area contributed by atoms with E-state index in [2.05, 4.69) is 51.3 Å². The molecule has 3 saturated heterocycles. The number of amides is 2. The fourth-order valence-electron chi connectivity index (χ4n) is 6.49. The fraction of sp³-hybridized carbons (Fsp3) is 0.700. The zero-order chi connectivity index (χ0) is 27.8. The highest BCUT2D eigenvalue weighted by atomic mass is 16.5. The van der Waals surface area contributed by atoms with Crippen LogP contribution in [0.5, 0.6) is 0 Å². The van der Waals surface area contributed by atoms with E-state index in [4.69, 9.17) is 10.5 Å². The summed E-state index contributed by atoms with van der Waals surface area (Å²) in [4.78, 5) is 46.4. The molecule has 4 atom stereocenters. The lowest BCUT2D eigenvalue weighted by atomic mass is 9.78. The second-order valence-corrected chi connectivity index (χ2v) is 12.8. The molecule has 3 aliphatic heterocycles. The van der Waals surface area contributed by atoms with Crippen LogP contribution in [-0.4, -0.2) is 85.4 Å². The zero-order valence-electron chi connectivity index (χ0n) is 24.0. The van der Waals surface area contributed by atoms with Crippen LogP contribution in [-0.2, 0) is 14.3 Å². The summed E-state index contributed by atoms with van der Waals surface area (Å²) in [5, 5.41) is 0. The molecule has 8 nitrogen and oxygen atoms in total. The first-order valence-electron chi connectivity index (χ1n) is 14.3. The number of ketones is 1. The minimum Gasteiger partial charge on any atom is -0.369 e. The van der Waals surface area contributed by atoms with Crippen molar-refractivity contribution in [3.8, 4) is 0 Å². The Balaban J connectivity index is 1.69. The van der Waals surface area contributed by atoms with E-state index in [1.807, 2.05) is 12.1 Å². The molecule has 2 N–H and O–H groups in total. The van der Waals surface area contributed by atoms with Crippen LogP contribution >= 0.6 is 0 Å². The van der Waals surface area contributed by atoms with Gasteiger partial charge in [-0.25, -0.2) is 0 Å². The molecular formula is C30H46N4O4. The molecule has 38 heavy (non-hydrogen) atoms. The third-order valence-corrected chi connectivity index (χ3v) is 8.54. The zero-order valence-corrected chi connectivity index (χ0v) is 24.0. The summed E-state index contributed by atoms with van der Waals surface area (Å²) >= 11 is 0. The van der Waals surface area contributed by atoms with Crippen molar-refractivity contribution >= 4 is 23.3 Å². The third-order valence-electron chi connectivity index (χ3n) is 8.54. The van der Waals surface area contributed by atoms with Crippen LogP contribution < -0.4 is 10.6 Å². The number of piperazine rings is 1. The van der Waals surface area contributed by atoms with E-state index in [9.17, 15) is 14.4 Å². The maximum atomic E-state index is 14.4. The van der Waals surface area contributed by atoms with E-state index >= 15 is 0 Å². The Morgan fingerprint density at radius 2 is 1.82 bits per heavy atom. The Hall–Kier alpha value is -2.45. The number of likely N-dealkylation sites (tertiary alicyclic amines) is 1. The number of benzene rings is 1. The van der Waals surface area contributed by atoms with Gasteiger partial charge in [0.15, 0.2) is 5.78 Å². The van der Waals surface area contributed by atoms with Gasteiger partial charge in [-0.05, 0) is 54.5 Å². The molecule has 0 unspecified atom stereocenters. The molecule has 0 aromatic heterocycles. The summed E-state index contributed by atoms with van der Waals surface area (Å²) in [6.07, 6.45) is 1.42. The Morgan fingerprint density at radius 3 is 2.39 bits per heavy atom. The number of carbonyl (C=O) groups excluding carboxylic acids is 3. The average molecular weight is 527 g/mol. The van der Waals surface area contributed by atoms with Crippen molar-refractivity contribution in [2.75, 3.05) is 50.8 Å². The number of ether oxygens (including phenoxy) is 1. The molecule has 2 amide bonds. The molecule has 210 valence electrons. The summed E-state index contributed by atoms with van der Waals surface area (Å²) in [7, 11) is 0. The molecule has 3 aliphatic rings. The molecule has 0 bridgehead atoms. The third kappa shape index (κ3) is 5.76. The fourth-order valence-corrected chi connectivity index (χ4v) is 6.49. The summed E-state index contributed by atoms with van der Waals surface area (Å²) in [5.74, 6) is -0.972. The van der Waals surface area contributed by atoms with E-state index in [0.29, 0.717) is 24.1 Å². The van der Waals surface area contributed by atoms with E-state index in [-0.39, 0.29) is 41.7 Å². The minimum absolute atomic E-state index is 0.0350. The summed E-state index contributed by atoms with van der Waals surface area (Å²) in [6, 6.07) is 5.17. The van der Waals surface area contributed by atoms with Crippen molar-refractivity contribution < 1.29 is 19.1 Å². The molecule has 4 rings (SSSR count). The quantitative estimate of drug-likeness (QED) is 0.559. The van der Waals surface area contributed by atoms with Crippen LogP contribution in [0, 0.1) is 17.3 Å². The molecule has 1 aromatic rings. The van der Waals surface area contributed by atoms with Gasteiger partial charge in [0.05, 0.1) is 12.0 Å². The smallest absolute Gasteiger partial charge is 0.249 e. The van der Waals surface area contributed by atoms with Gasteiger partial charge >= 0.3 is 0 Å². The summed E-state index contributed by atoms with van der Waals surface area (Å²) < 4.78 is 5.93. The van der Waals surface area contributed by atoms with E-state index in [0.717, 1.165) is 44.8 Å². The number of hydrogen-bond acceptors (Lipinski definition) is 6. The Bertz CT molecular complexity index is 1040. The molecule has 0 spiro atoms. The molecule has 3 heterocycles. The standard InChI is InChI=1S/C30H46N4O4/c1-7-10-32-11-13-33(14-12-32)20-8-9-21(28(31)36)22(16-20)23(15-19(2)3)29(37)34-17-24(30(4,5)6)27-26(34)25(35)18-38-27/h8-9,16,19,23-24,26-27H,7,10-15,17-18H2,1-6H3,(H2,31,36)/t23-,24-,26+,27+/m0/s1. The van der Waals surface area contributed by atoms with Gasteiger partial charge in [0.1, 0.15) is 12.6 Å². The van der Waals surface area contributed by atoms with Gasteiger partial charge in [-0.3, -0.25) is 19.3 Å². The van der Waals surface area contributed by atoms with Gasteiger partial charge in [-0.1, -0.05) is 41.5 Å². The van der Waals surface area contributed by atoms with Crippen LogP contribution in [0.15, 0.2) is 18.2 Å². The lowest BCUT2D eigenvalue weighted by Gasteiger charge is -2.36. The maximum Gasteiger partial charge on any atom is 0.249 e. The van der Waals surface area contributed by atoms with Gasteiger partial charge in [0.2, 0.25) is 11.8 Å². The molecular weight excluding hydrogens is 480 g/mol. The largest absolute Gasteiger partial charge is 0.369 e. The monoisotopic (exact) mass is 526 g/mol. The van der Waals surface area contributed by atoms with Crippen LogP contribution in [0.1, 0.15) is 76.2 Å². The second-order valence-electron chi connectivity index (χ2n) is 12.8. The lowest BCUT2D eigenvalue weighted by molar-refractivity contribution is -0.138. The number of carbonyl (C=O) groups is 3. The van der Waals surface area contributed by atoms with Crippen molar-refractivity contribution in [2.24, 2.45) is 23.0 Å². The highest BCUT2D eigenvalue weighted by molar-refractivity contribution is 5.99. The SMILES string of the molecule is CCCN1CCN(c2ccc(C(N)=O)c([C@H](CC(C)C)C(=O)N3C[C@H](C(C)(C)C)[C@H]4OCC(=O)[C@H]43)c2)CC1. The van der Waals surface area contributed by atoms with Gasteiger partial charge in [-0.2, -0.15) is 0 Å². The first-order valence-corrected chi connectivity index (χ1v) is 14.3. The average Bonchev–Trinajstić information content (AvgIpc) is 3.43. The number of nitrogens with two attached hydrogens (primary N) is 1. The number of nitrogens with zero attached hydrogens (tertiary/aromatic N) is 3. The highest BCUT2D eigenvalue weighted by Gasteiger charge is 2.55. The molecule has 0 radical (unpaired) electrons. The van der Waals surface area contributed by atoms with Crippen molar-refractivity contribution in [2.45, 2.75) is 72.4 Å².